The Labute approximate surface area is 181 Å². The second-order valence-corrected chi connectivity index (χ2v) is 7.70. The van der Waals surface area contributed by atoms with Crippen molar-refractivity contribution in [1.29, 1.82) is 0 Å². The molecule has 0 saturated carbocycles. The van der Waals surface area contributed by atoms with Gasteiger partial charge in [-0.2, -0.15) is 0 Å². The van der Waals surface area contributed by atoms with E-state index in [2.05, 4.69) is 39.8 Å². The van der Waals surface area contributed by atoms with E-state index in [9.17, 15) is 9.59 Å². The Morgan fingerprint density at radius 3 is 2.37 bits per heavy atom. The summed E-state index contributed by atoms with van der Waals surface area (Å²) in [4.78, 5) is 29.0. The number of carbonyl (C=O) groups is 2. The van der Waals surface area contributed by atoms with Gasteiger partial charge in [0.05, 0.1) is 30.0 Å². The first-order valence-electron chi connectivity index (χ1n) is 9.88. The Bertz CT molecular complexity index is 867. The predicted octanol–water partition coefficient (Wildman–Crippen LogP) is 2.53. The van der Waals surface area contributed by atoms with Crippen LogP contribution in [-0.4, -0.2) is 63.7 Å². The van der Waals surface area contributed by atoms with Gasteiger partial charge in [0.25, 0.3) is 0 Å². The summed E-state index contributed by atoms with van der Waals surface area (Å²) >= 11 is 6.05. The standard InChI is InChI=1S/C22H27ClN4O3/c1-26(2)17-9-7-16(8-10-17)20(27-11-13-30-14-12-27)15-24-21(28)22(29)25-19-6-4-3-5-18(19)23/h3-10,20H,11-15H2,1-2H3,(H,24,28)(H,25,29)/t20-/m1/s1. The SMILES string of the molecule is CN(C)c1ccc([C@@H](CNC(=O)C(=O)Nc2ccccc2Cl)N2CCOCC2)cc1. The molecule has 0 aromatic heterocycles. The van der Waals surface area contributed by atoms with E-state index < -0.39 is 11.8 Å². The lowest BCUT2D eigenvalue weighted by Gasteiger charge is -2.35. The van der Waals surface area contributed by atoms with Crippen LogP contribution in [0.2, 0.25) is 5.02 Å². The van der Waals surface area contributed by atoms with E-state index in [-0.39, 0.29) is 6.04 Å². The first kappa shape index (κ1) is 22.1. The van der Waals surface area contributed by atoms with Crippen LogP contribution in [0.15, 0.2) is 48.5 Å². The number of benzene rings is 2. The van der Waals surface area contributed by atoms with Gasteiger partial charge in [-0.25, -0.2) is 0 Å². The van der Waals surface area contributed by atoms with E-state index in [0.717, 1.165) is 24.3 Å². The van der Waals surface area contributed by atoms with Crippen molar-refractivity contribution in [2.24, 2.45) is 0 Å². The molecule has 1 heterocycles. The highest BCUT2D eigenvalue weighted by Crippen LogP contribution is 2.24. The van der Waals surface area contributed by atoms with Crippen molar-refractivity contribution in [3.63, 3.8) is 0 Å². The van der Waals surface area contributed by atoms with Crippen molar-refractivity contribution in [1.82, 2.24) is 10.2 Å². The third-order valence-corrected chi connectivity index (χ3v) is 5.39. The molecule has 1 saturated heterocycles. The molecule has 160 valence electrons. The Morgan fingerprint density at radius 1 is 1.07 bits per heavy atom. The van der Waals surface area contributed by atoms with E-state index in [0.29, 0.717) is 30.5 Å². The Kier molecular flexibility index (Phi) is 7.68. The van der Waals surface area contributed by atoms with Crippen LogP contribution in [0.25, 0.3) is 0 Å². The van der Waals surface area contributed by atoms with Gasteiger partial charge >= 0.3 is 11.8 Å². The molecule has 2 amide bonds. The van der Waals surface area contributed by atoms with E-state index in [1.54, 1.807) is 24.3 Å². The van der Waals surface area contributed by atoms with Crippen LogP contribution in [0, 0.1) is 0 Å². The smallest absolute Gasteiger partial charge is 0.313 e. The predicted molar refractivity (Wildman–Crippen MR) is 119 cm³/mol. The molecule has 8 heteroatoms. The molecule has 1 fully saturated rings. The summed E-state index contributed by atoms with van der Waals surface area (Å²) in [5.41, 5.74) is 2.58. The maximum atomic E-state index is 12.4. The maximum Gasteiger partial charge on any atom is 0.313 e. The van der Waals surface area contributed by atoms with Crippen LogP contribution in [-0.2, 0) is 14.3 Å². The molecular weight excluding hydrogens is 404 g/mol. The molecule has 30 heavy (non-hydrogen) atoms. The number of anilines is 2. The lowest BCUT2D eigenvalue weighted by molar-refractivity contribution is -0.136. The van der Waals surface area contributed by atoms with Gasteiger partial charge in [0.1, 0.15) is 0 Å². The number of carbonyl (C=O) groups excluding carboxylic acids is 2. The van der Waals surface area contributed by atoms with Crippen molar-refractivity contribution in [2.75, 3.05) is 57.2 Å². The van der Waals surface area contributed by atoms with E-state index in [1.165, 1.54) is 0 Å². The summed E-state index contributed by atoms with van der Waals surface area (Å²) in [6, 6.07) is 15.0. The number of amides is 2. The first-order chi connectivity index (χ1) is 14.5. The number of para-hydroxylation sites is 1. The van der Waals surface area contributed by atoms with Crippen molar-refractivity contribution in [3.8, 4) is 0 Å². The third-order valence-electron chi connectivity index (χ3n) is 5.06. The lowest BCUT2D eigenvalue weighted by atomic mass is 10.0. The number of nitrogens with zero attached hydrogens (tertiary/aromatic N) is 2. The molecule has 2 aromatic carbocycles. The van der Waals surface area contributed by atoms with Crippen molar-refractivity contribution in [3.05, 3.63) is 59.1 Å². The second-order valence-electron chi connectivity index (χ2n) is 7.29. The topological polar surface area (TPSA) is 73.9 Å². The van der Waals surface area contributed by atoms with Gasteiger partial charge in [-0.1, -0.05) is 35.9 Å². The second kappa shape index (κ2) is 10.4. The maximum absolute atomic E-state index is 12.4. The van der Waals surface area contributed by atoms with Crippen molar-refractivity contribution >= 4 is 34.8 Å². The van der Waals surface area contributed by atoms with E-state index in [4.69, 9.17) is 16.3 Å². The van der Waals surface area contributed by atoms with Gasteiger partial charge in [0.15, 0.2) is 0 Å². The van der Waals surface area contributed by atoms with Crippen molar-refractivity contribution < 1.29 is 14.3 Å². The molecule has 1 aliphatic heterocycles. The molecule has 0 unspecified atom stereocenters. The number of halogens is 1. The van der Waals surface area contributed by atoms with Gasteiger partial charge in [-0.3, -0.25) is 14.5 Å². The molecule has 2 aromatic rings. The van der Waals surface area contributed by atoms with Gasteiger partial charge < -0.3 is 20.3 Å². The molecular formula is C22H27ClN4O3. The summed E-state index contributed by atoms with van der Waals surface area (Å²) in [6.07, 6.45) is 0. The normalized spacial score (nSPS) is 15.3. The number of nitrogens with one attached hydrogen (secondary N) is 2. The van der Waals surface area contributed by atoms with E-state index >= 15 is 0 Å². The molecule has 0 aliphatic carbocycles. The van der Waals surface area contributed by atoms with Gasteiger partial charge in [-0.05, 0) is 29.8 Å². The molecule has 3 rings (SSSR count). The Hall–Kier alpha value is -2.61. The van der Waals surface area contributed by atoms with E-state index in [1.807, 2.05) is 19.0 Å². The minimum absolute atomic E-state index is 0.0535. The van der Waals surface area contributed by atoms with Crippen LogP contribution in [0.4, 0.5) is 11.4 Å². The zero-order valence-electron chi connectivity index (χ0n) is 17.2. The quantitative estimate of drug-likeness (QED) is 0.689. The highest BCUT2D eigenvalue weighted by molar-refractivity contribution is 6.41. The summed E-state index contributed by atoms with van der Waals surface area (Å²) in [7, 11) is 3.98. The molecule has 0 spiro atoms. The van der Waals surface area contributed by atoms with Crippen LogP contribution in [0.5, 0.6) is 0 Å². The van der Waals surface area contributed by atoms with Crippen molar-refractivity contribution in [2.45, 2.75) is 6.04 Å². The minimum Gasteiger partial charge on any atom is -0.379 e. The highest BCUT2D eigenvalue weighted by atomic mass is 35.5. The molecule has 1 aliphatic rings. The fourth-order valence-electron chi connectivity index (χ4n) is 3.35. The average Bonchev–Trinajstić information content (AvgIpc) is 2.76. The number of hydrogen-bond acceptors (Lipinski definition) is 5. The fourth-order valence-corrected chi connectivity index (χ4v) is 3.54. The number of rotatable bonds is 6. The molecule has 0 bridgehead atoms. The van der Waals surface area contributed by atoms with Crippen LogP contribution in [0.1, 0.15) is 11.6 Å². The minimum atomic E-state index is -0.744. The van der Waals surface area contributed by atoms with Gasteiger partial charge in [0.2, 0.25) is 0 Å². The molecule has 0 radical (unpaired) electrons. The molecule has 2 N–H and O–H groups in total. The largest absolute Gasteiger partial charge is 0.379 e. The number of morpholine rings is 1. The van der Waals surface area contributed by atoms with Gasteiger partial charge in [-0.15, -0.1) is 0 Å². The fraction of sp³-hybridized carbons (Fsp3) is 0.364. The van der Waals surface area contributed by atoms with Crippen LogP contribution >= 0.6 is 11.6 Å². The molecule has 7 nitrogen and oxygen atoms in total. The van der Waals surface area contributed by atoms with Gasteiger partial charge in [0, 0.05) is 39.4 Å². The Balaban J connectivity index is 1.67. The van der Waals surface area contributed by atoms with Crippen LogP contribution in [0.3, 0.4) is 0 Å². The summed E-state index contributed by atoms with van der Waals surface area (Å²) < 4.78 is 5.47. The first-order valence-corrected chi connectivity index (χ1v) is 10.3. The zero-order valence-corrected chi connectivity index (χ0v) is 18.0. The monoisotopic (exact) mass is 430 g/mol. The zero-order chi connectivity index (χ0) is 21.5. The number of hydrogen-bond donors (Lipinski definition) is 2. The third kappa shape index (κ3) is 5.72. The Morgan fingerprint density at radius 2 is 1.73 bits per heavy atom. The molecule has 1 atom stereocenters. The highest BCUT2D eigenvalue weighted by Gasteiger charge is 2.24. The summed E-state index contributed by atoms with van der Waals surface area (Å²) in [5, 5.41) is 5.70. The average molecular weight is 431 g/mol. The summed E-state index contributed by atoms with van der Waals surface area (Å²) in [6.45, 7) is 3.14. The number of ether oxygens (including phenoxy) is 1. The lowest BCUT2D eigenvalue weighted by Crippen LogP contribution is -2.45. The van der Waals surface area contributed by atoms with Crippen LogP contribution < -0.4 is 15.5 Å². The summed E-state index contributed by atoms with van der Waals surface area (Å²) in [5.74, 6) is -1.44.